The normalized spacial score (nSPS) is 25.3. The number of hydrogen-bond acceptors (Lipinski definition) is 2. The summed E-state index contributed by atoms with van der Waals surface area (Å²) in [5.74, 6) is 1.14. The van der Waals surface area contributed by atoms with Gasteiger partial charge in [0.25, 0.3) is 0 Å². The largest absolute Gasteiger partial charge is 0.330 e. The summed E-state index contributed by atoms with van der Waals surface area (Å²) in [6.07, 6.45) is 1.19. The van der Waals surface area contributed by atoms with Crippen molar-refractivity contribution >= 4 is 0 Å². The van der Waals surface area contributed by atoms with Crippen LogP contribution in [0.1, 0.15) is 24.5 Å². The van der Waals surface area contributed by atoms with E-state index in [0.717, 1.165) is 31.7 Å². The Hall–Kier alpha value is -0.930. The van der Waals surface area contributed by atoms with Gasteiger partial charge in [-0.15, -0.1) is 0 Å². The minimum atomic E-state index is -0.142. The van der Waals surface area contributed by atoms with Gasteiger partial charge in [-0.05, 0) is 61.5 Å². The van der Waals surface area contributed by atoms with Crippen LogP contribution in [-0.4, -0.2) is 24.5 Å². The topological polar surface area (TPSA) is 29.3 Å². The Morgan fingerprint density at radius 3 is 2.94 bits per heavy atom. The molecule has 0 saturated carbocycles. The Labute approximate surface area is 109 Å². The molecular weight excluding hydrogens is 227 g/mol. The molecule has 2 unspecified atom stereocenters. The number of nitrogens with zero attached hydrogens (tertiary/aromatic N) is 1. The Kier molecular flexibility index (Phi) is 4.36. The van der Waals surface area contributed by atoms with Gasteiger partial charge in [0.2, 0.25) is 0 Å². The summed E-state index contributed by atoms with van der Waals surface area (Å²) in [6, 6.07) is 5.04. The molecule has 1 aromatic rings. The smallest absolute Gasteiger partial charge is 0.123 e. The van der Waals surface area contributed by atoms with E-state index in [2.05, 4.69) is 11.8 Å². The van der Waals surface area contributed by atoms with Crippen LogP contribution in [-0.2, 0) is 6.54 Å². The SMILES string of the molecule is Cc1ccc(F)cc1CN1CCC(C)C(CN)C1. The lowest BCUT2D eigenvalue weighted by molar-refractivity contribution is 0.126. The highest BCUT2D eigenvalue weighted by molar-refractivity contribution is 5.26. The quantitative estimate of drug-likeness (QED) is 0.893. The molecule has 0 aliphatic carbocycles. The van der Waals surface area contributed by atoms with Crippen molar-refractivity contribution in [2.24, 2.45) is 17.6 Å². The summed E-state index contributed by atoms with van der Waals surface area (Å²) >= 11 is 0. The molecule has 2 rings (SSSR count). The Morgan fingerprint density at radius 1 is 1.44 bits per heavy atom. The highest BCUT2D eigenvalue weighted by Gasteiger charge is 2.25. The Balaban J connectivity index is 2.03. The van der Waals surface area contributed by atoms with E-state index in [1.54, 1.807) is 6.07 Å². The molecule has 3 heteroatoms. The van der Waals surface area contributed by atoms with Gasteiger partial charge in [0.1, 0.15) is 5.82 Å². The minimum absolute atomic E-state index is 0.142. The average Bonchev–Trinajstić information content (AvgIpc) is 2.36. The number of nitrogens with two attached hydrogens (primary N) is 1. The highest BCUT2D eigenvalue weighted by atomic mass is 19.1. The number of hydrogen-bond donors (Lipinski definition) is 1. The Bertz CT molecular complexity index is 405. The molecule has 0 radical (unpaired) electrons. The minimum Gasteiger partial charge on any atom is -0.330 e. The van der Waals surface area contributed by atoms with Crippen LogP contribution in [0.3, 0.4) is 0 Å². The summed E-state index contributed by atoms with van der Waals surface area (Å²) in [4.78, 5) is 2.40. The first kappa shape index (κ1) is 13.5. The maximum Gasteiger partial charge on any atom is 0.123 e. The van der Waals surface area contributed by atoms with E-state index in [-0.39, 0.29) is 5.82 Å². The molecule has 0 bridgehead atoms. The fraction of sp³-hybridized carbons (Fsp3) is 0.600. The van der Waals surface area contributed by atoms with Gasteiger partial charge in [-0.1, -0.05) is 13.0 Å². The highest BCUT2D eigenvalue weighted by Crippen LogP contribution is 2.24. The first-order valence-electron chi connectivity index (χ1n) is 6.77. The van der Waals surface area contributed by atoms with E-state index < -0.39 is 0 Å². The van der Waals surface area contributed by atoms with Gasteiger partial charge in [-0.3, -0.25) is 4.90 Å². The fourth-order valence-electron chi connectivity index (χ4n) is 2.73. The second-order valence-corrected chi connectivity index (χ2v) is 5.57. The maximum atomic E-state index is 13.3. The molecular formula is C15H23FN2. The van der Waals surface area contributed by atoms with Crippen LogP contribution in [0.5, 0.6) is 0 Å². The van der Waals surface area contributed by atoms with Crippen molar-refractivity contribution in [1.29, 1.82) is 0 Å². The predicted molar refractivity (Wildman–Crippen MR) is 72.7 cm³/mol. The molecule has 0 aromatic heterocycles. The van der Waals surface area contributed by atoms with Gasteiger partial charge >= 0.3 is 0 Å². The van der Waals surface area contributed by atoms with E-state index >= 15 is 0 Å². The van der Waals surface area contributed by atoms with Crippen LogP contribution in [0.2, 0.25) is 0 Å². The molecule has 0 spiro atoms. The van der Waals surface area contributed by atoms with E-state index in [0.29, 0.717) is 11.8 Å². The predicted octanol–water partition coefficient (Wildman–Crippen LogP) is 2.55. The standard InChI is InChI=1S/C15H23FN2/c1-11-3-4-15(16)7-13(11)9-18-6-5-12(2)14(8-17)10-18/h3-4,7,12,14H,5-6,8-10,17H2,1-2H3. The van der Waals surface area contributed by atoms with Crippen molar-refractivity contribution in [1.82, 2.24) is 4.90 Å². The van der Waals surface area contributed by atoms with Crippen molar-refractivity contribution in [2.45, 2.75) is 26.8 Å². The van der Waals surface area contributed by atoms with Gasteiger partial charge < -0.3 is 5.73 Å². The molecule has 1 aliphatic rings. The number of likely N-dealkylation sites (tertiary alicyclic amines) is 1. The van der Waals surface area contributed by atoms with Crippen LogP contribution < -0.4 is 5.73 Å². The number of benzene rings is 1. The summed E-state index contributed by atoms with van der Waals surface area (Å²) in [5.41, 5.74) is 8.08. The van der Waals surface area contributed by atoms with Crippen LogP contribution in [0, 0.1) is 24.6 Å². The van der Waals surface area contributed by atoms with Crippen LogP contribution >= 0.6 is 0 Å². The second kappa shape index (κ2) is 5.81. The molecule has 1 heterocycles. The third-order valence-corrected chi connectivity index (χ3v) is 4.21. The van der Waals surface area contributed by atoms with Crippen LogP contribution in [0.4, 0.5) is 4.39 Å². The molecule has 0 amide bonds. The maximum absolute atomic E-state index is 13.3. The lowest BCUT2D eigenvalue weighted by atomic mass is 9.87. The average molecular weight is 250 g/mol. The zero-order valence-electron chi connectivity index (χ0n) is 11.3. The lowest BCUT2D eigenvalue weighted by Crippen LogP contribution is -2.42. The van der Waals surface area contributed by atoms with Gasteiger partial charge in [0.15, 0.2) is 0 Å². The number of halogens is 1. The molecule has 18 heavy (non-hydrogen) atoms. The summed E-state index contributed by atoms with van der Waals surface area (Å²) in [7, 11) is 0. The number of piperidine rings is 1. The van der Waals surface area contributed by atoms with Crippen molar-refractivity contribution in [2.75, 3.05) is 19.6 Å². The van der Waals surface area contributed by atoms with Gasteiger partial charge in [-0.2, -0.15) is 0 Å². The van der Waals surface area contributed by atoms with Crippen LogP contribution in [0.15, 0.2) is 18.2 Å². The molecule has 100 valence electrons. The summed E-state index contributed by atoms with van der Waals surface area (Å²) < 4.78 is 13.3. The first-order valence-corrected chi connectivity index (χ1v) is 6.77. The number of rotatable bonds is 3. The molecule has 1 saturated heterocycles. The molecule has 2 N–H and O–H groups in total. The zero-order valence-corrected chi connectivity index (χ0v) is 11.3. The fourth-order valence-corrected chi connectivity index (χ4v) is 2.73. The molecule has 2 nitrogen and oxygen atoms in total. The molecule has 1 fully saturated rings. The monoisotopic (exact) mass is 250 g/mol. The molecule has 1 aliphatic heterocycles. The zero-order chi connectivity index (χ0) is 13.1. The van der Waals surface area contributed by atoms with Crippen molar-refractivity contribution < 1.29 is 4.39 Å². The van der Waals surface area contributed by atoms with Crippen molar-refractivity contribution in [3.63, 3.8) is 0 Å². The van der Waals surface area contributed by atoms with Crippen molar-refractivity contribution in [3.05, 3.63) is 35.1 Å². The van der Waals surface area contributed by atoms with E-state index in [9.17, 15) is 4.39 Å². The third-order valence-electron chi connectivity index (χ3n) is 4.21. The van der Waals surface area contributed by atoms with Gasteiger partial charge in [-0.25, -0.2) is 4.39 Å². The van der Waals surface area contributed by atoms with E-state index in [4.69, 9.17) is 5.73 Å². The molecule has 1 aromatic carbocycles. The van der Waals surface area contributed by atoms with E-state index in [1.165, 1.54) is 18.1 Å². The van der Waals surface area contributed by atoms with Gasteiger partial charge in [0.05, 0.1) is 0 Å². The first-order chi connectivity index (χ1) is 8.60. The molecule has 2 atom stereocenters. The Morgan fingerprint density at radius 2 is 2.22 bits per heavy atom. The lowest BCUT2D eigenvalue weighted by Gasteiger charge is -2.36. The van der Waals surface area contributed by atoms with Gasteiger partial charge in [0, 0.05) is 13.1 Å². The summed E-state index contributed by atoms with van der Waals surface area (Å²) in [6.45, 7) is 8.04. The third kappa shape index (κ3) is 3.09. The number of aryl methyl sites for hydroxylation is 1. The van der Waals surface area contributed by atoms with Crippen molar-refractivity contribution in [3.8, 4) is 0 Å². The van der Waals surface area contributed by atoms with E-state index in [1.807, 2.05) is 13.0 Å². The van der Waals surface area contributed by atoms with Crippen LogP contribution in [0.25, 0.3) is 0 Å². The second-order valence-electron chi connectivity index (χ2n) is 5.57. The summed E-state index contributed by atoms with van der Waals surface area (Å²) in [5, 5.41) is 0.